The monoisotopic (exact) mass is 390 g/mol. The maximum Gasteiger partial charge on any atom is 0.279 e. The van der Waals surface area contributed by atoms with E-state index in [2.05, 4.69) is 11.4 Å². The van der Waals surface area contributed by atoms with Crippen LogP contribution in [0.2, 0.25) is 5.02 Å². The van der Waals surface area contributed by atoms with Crippen LogP contribution in [0.3, 0.4) is 0 Å². The molecule has 26 heavy (non-hydrogen) atoms. The molecule has 4 nitrogen and oxygen atoms in total. The molecule has 0 spiro atoms. The molecule has 2 N–H and O–H groups in total. The third-order valence-electron chi connectivity index (χ3n) is 4.68. The molecular formula is C19H18ClFN3OS+. The lowest BCUT2D eigenvalue weighted by Gasteiger charge is -2.19. The van der Waals surface area contributed by atoms with E-state index in [0.29, 0.717) is 12.2 Å². The Hall–Kier alpha value is -2.02. The third kappa shape index (κ3) is 3.58. The minimum Gasteiger partial charge on any atom is -0.321 e. The number of halogens is 2. The molecule has 1 aromatic heterocycles. The summed E-state index contributed by atoms with van der Waals surface area (Å²) in [7, 11) is 0. The fourth-order valence-corrected chi connectivity index (χ4v) is 4.79. The van der Waals surface area contributed by atoms with Crippen molar-refractivity contribution < 1.29 is 14.1 Å². The zero-order chi connectivity index (χ0) is 18.1. The van der Waals surface area contributed by atoms with Gasteiger partial charge in [-0.2, -0.15) is 0 Å². The van der Waals surface area contributed by atoms with Gasteiger partial charge in [-0.25, -0.2) is 9.37 Å². The number of rotatable bonds is 4. The lowest BCUT2D eigenvalue weighted by atomic mass is 10.2. The molecule has 1 amide bonds. The van der Waals surface area contributed by atoms with Gasteiger partial charge in [-0.05, 0) is 30.3 Å². The largest absolute Gasteiger partial charge is 0.321 e. The SMILES string of the molecule is O=C(C[NH+]1CCC[C@@H]1c1nc2ccccc2s1)Nc1ccc(F)c(Cl)c1. The highest BCUT2D eigenvalue weighted by Crippen LogP contribution is 2.28. The van der Waals surface area contributed by atoms with Crippen LogP contribution >= 0.6 is 22.9 Å². The molecule has 1 saturated heterocycles. The maximum atomic E-state index is 13.2. The molecule has 1 aliphatic rings. The van der Waals surface area contributed by atoms with E-state index in [-0.39, 0.29) is 17.0 Å². The highest BCUT2D eigenvalue weighted by Gasteiger charge is 2.34. The number of fused-ring (bicyclic) bond motifs is 1. The first-order valence-electron chi connectivity index (χ1n) is 8.55. The summed E-state index contributed by atoms with van der Waals surface area (Å²) in [6, 6.07) is 12.6. The van der Waals surface area contributed by atoms with Gasteiger partial charge in [0.25, 0.3) is 5.91 Å². The molecule has 1 fully saturated rings. The number of nitrogens with zero attached hydrogens (tertiary/aromatic N) is 1. The summed E-state index contributed by atoms with van der Waals surface area (Å²) in [6.07, 6.45) is 2.11. The van der Waals surface area contributed by atoms with E-state index >= 15 is 0 Å². The molecule has 4 rings (SSSR count). The summed E-state index contributed by atoms with van der Waals surface area (Å²) < 4.78 is 14.4. The number of likely N-dealkylation sites (tertiary alicyclic amines) is 1. The smallest absolute Gasteiger partial charge is 0.279 e. The molecular weight excluding hydrogens is 373 g/mol. The first kappa shape index (κ1) is 17.4. The van der Waals surface area contributed by atoms with Crippen molar-refractivity contribution in [1.82, 2.24) is 4.98 Å². The Morgan fingerprint density at radius 2 is 2.19 bits per heavy atom. The molecule has 3 aromatic rings. The van der Waals surface area contributed by atoms with Gasteiger partial charge in [0.05, 0.1) is 21.8 Å². The second-order valence-corrected chi connectivity index (χ2v) is 7.95. The highest BCUT2D eigenvalue weighted by atomic mass is 35.5. The van der Waals surface area contributed by atoms with E-state index in [0.717, 1.165) is 29.9 Å². The number of nitrogens with one attached hydrogen (secondary N) is 2. The molecule has 0 radical (unpaired) electrons. The van der Waals surface area contributed by atoms with Crippen molar-refractivity contribution in [2.75, 3.05) is 18.4 Å². The second kappa shape index (κ2) is 7.31. The molecule has 2 atom stereocenters. The quantitative estimate of drug-likeness (QED) is 0.716. The summed E-state index contributed by atoms with van der Waals surface area (Å²) in [4.78, 5) is 18.4. The Labute approximate surface area is 159 Å². The number of para-hydroxylation sites is 1. The van der Waals surface area contributed by atoms with Crippen molar-refractivity contribution in [1.29, 1.82) is 0 Å². The first-order valence-corrected chi connectivity index (χ1v) is 9.74. The van der Waals surface area contributed by atoms with Gasteiger partial charge >= 0.3 is 0 Å². The van der Waals surface area contributed by atoms with Gasteiger partial charge in [-0.15, -0.1) is 11.3 Å². The zero-order valence-corrected chi connectivity index (χ0v) is 15.5. The highest BCUT2D eigenvalue weighted by molar-refractivity contribution is 7.18. The molecule has 0 saturated carbocycles. The molecule has 1 unspecified atom stereocenters. The molecule has 1 aliphatic heterocycles. The zero-order valence-electron chi connectivity index (χ0n) is 14.0. The van der Waals surface area contributed by atoms with Gasteiger partial charge < -0.3 is 10.2 Å². The topological polar surface area (TPSA) is 46.4 Å². The Kier molecular flexibility index (Phi) is 4.89. The van der Waals surface area contributed by atoms with E-state index in [1.165, 1.54) is 27.8 Å². The van der Waals surface area contributed by atoms with Crippen LogP contribution in [-0.2, 0) is 4.79 Å². The standard InChI is InChI=1S/C19H17ClFN3OS/c20-13-10-12(7-8-14(13)21)22-18(25)11-24-9-3-5-16(24)19-23-15-4-1-2-6-17(15)26-19/h1-2,4,6-8,10,16H,3,5,9,11H2,(H,22,25)/p+1/t16-/m1/s1. The van der Waals surface area contributed by atoms with Crippen molar-refractivity contribution in [3.63, 3.8) is 0 Å². The van der Waals surface area contributed by atoms with Crippen LogP contribution in [0.1, 0.15) is 23.9 Å². The third-order valence-corrected chi connectivity index (χ3v) is 6.12. The normalized spacial score (nSPS) is 19.8. The molecule has 134 valence electrons. The Bertz CT molecular complexity index is 928. The van der Waals surface area contributed by atoms with Crippen molar-refractivity contribution >= 4 is 44.7 Å². The summed E-state index contributed by atoms with van der Waals surface area (Å²) in [6.45, 7) is 1.30. The summed E-state index contributed by atoms with van der Waals surface area (Å²) in [5.74, 6) is -0.596. The van der Waals surface area contributed by atoms with Crippen molar-refractivity contribution in [3.8, 4) is 0 Å². The van der Waals surface area contributed by atoms with Crippen LogP contribution in [-0.4, -0.2) is 24.0 Å². The van der Waals surface area contributed by atoms with Crippen LogP contribution < -0.4 is 10.2 Å². The number of anilines is 1. The number of hydrogen-bond donors (Lipinski definition) is 2. The number of amides is 1. The first-order chi connectivity index (χ1) is 12.6. The van der Waals surface area contributed by atoms with Crippen LogP contribution in [0, 0.1) is 5.82 Å². The average molecular weight is 391 g/mol. The predicted molar refractivity (Wildman–Crippen MR) is 102 cm³/mol. The van der Waals surface area contributed by atoms with E-state index in [1.807, 2.05) is 18.2 Å². The minimum absolute atomic E-state index is 0.00340. The fraction of sp³-hybridized carbons (Fsp3) is 0.263. The number of thiazole rings is 1. The van der Waals surface area contributed by atoms with Gasteiger partial charge in [-0.1, -0.05) is 23.7 Å². The average Bonchev–Trinajstić information content (AvgIpc) is 3.24. The molecule has 2 aromatic carbocycles. The van der Waals surface area contributed by atoms with Gasteiger partial charge in [0.1, 0.15) is 11.9 Å². The van der Waals surface area contributed by atoms with Gasteiger partial charge in [0, 0.05) is 18.5 Å². The van der Waals surface area contributed by atoms with E-state index in [4.69, 9.17) is 16.6 Å². The number of benzene rings is 2. The number of hydrogen-bond acceptors (Lipinski definition) is 3. The summed E-state index contributed by atoms with van der Waals surface area (Å²) in [5.41, 5.74) is 1.53. The van der Waals surface area contributed by atoms with Crippen molar-refractivity contribution in [2.24, 2.45) is 0 Å². The van der Waals surface area contributed by atoms with E-state index in [1.54, 1.807) is 11.3 Å². The molecule has 7 heteroatoms. The number of carbonyl (C=O) groups excluding carboxylic acids is 1. The van der Waals surface area contributed by atoms with E-state index < -0.39 is 5.82 Å². The fourth-order valence-electron chi connectivity index (χ4n) is 3.45. The Morgan fingerprint density at radius 1 is 1.35 bits per heavy atom. The Balaban J connectivity index is 1.46. The van der Waals surface area contributed by atoms with Crippen LogP contribution in [0.4, 0.5) is 10.1 Å². The summed E-state index contributed by atoms with van der Waals surface area (Å²) in [5, 5.41) is 3.90. The van der Waals surface area contributed by atoms with Crippen molar-refractivity contribution in [2.45, 2.75) is 18.9 Å². The minimum atomic E-state index is -0.495. The number of carbonyl (C=O) groups is 1. The van der Waals surface area contributed by atoms with Crippen molar-refractivity contribution in [3.05, 3.63) is 58.3 Å². The molecule has 0 aliphatic carbocycles. The maximum absolute atomic E-state index is 13.2. The van der Waals surface area contributed by atoms with Crippen LogP contribution in [0.25, 0.3) is 10.2 Å². The number of quaternary nitrogens is 1. The second-order valence-electron chi connectivity index (χ2n) is 6.48. The van der Waals surface area contributed by atoms with Crippen LogP contribution in [0.15, 0.2) is 42.5 Å². The lowest BCUT2D eigenvalue weighted by molar-refractivity contribution is -0.910. The molecule has 2 heterocycles. The lowest BCUT2D eigenvalue weighted by Crippen LogP contribution is -3.11. The predicted octanol–water partition coefficient (Wildman–Crippen LogP) is 3.45. The van der Waals surface area contributed by atoms with Gasteiger partial charge in [0.15, 0.2) is 11.6 Å². The van der Waals surface area contributed by atoms with Gasteiger partial charge in [0.2, 0.25) is 0 Å². The number of aromatic nitrogens is 1. The Morgan fingerprint density at radius 3 is 3.00 bits per heavy atom. The van der Waals surface area contributed by atoms with E-state index in [9.17, 15) is 9.18 Å². The van der Waals surface area contributed by atoms with Crippen LogP contribution in [0.5, 0.6) is 0 Å². The van der Waals surface area contributed by atoms with Gasteiger partial charge in [-0.3, -0.25) is 4.79 Å². The summed E-state index contributed by atoms with van der Waals surface area (Å²) >= 11 is 7.48. The molecule has 0 bridgehead atoms.